The average Bonchev–Trinajstić information content (AvgIpc) is 2.42. The summed E-state index contributed by atoms with van der Waals surface area (Å²) >= 11 is 3.60. The van der Waals surface area contributed by atoms with E-state index < -0.39 is 0 Å². The Morgan fingerprint density at radius 3 is 2.26 bits per heavy atom. The number of halogens is 1. The molecule has 0 atom stereocenters. The largest absolute Gasteiger partial charge is 0.298 e. The van der Waals surface area contributed by atoms with Gasteiger partial charge >= 0.3 is 0 Å². The SMILES string of the molecule is C=Cc1ccccc1CN(C)Cc1ccccc1Br. The first kappa shape index (κ1) is 14.0. The molecule has 0 bridgehead atoms. The highest BCUT2D eigenvalue weighted by Crippen LogP contribution is 2.19. The number of hydrogen-bond donors (Lipinski definition) is 0. The lowest BCUT2D eigenvalue weighted by atomic mass is 10.1. The van der Waals surface area contributed by atoms with E-state index in [0.717, 1.165) is 13.1 Å². The van der Waals surface area contributed by atoms with Gasteiger partial charge in [-0.25, -0.2) is 0 Å². The van der Waals surface area contributed by atoms with Crippen LogP contribution in [0.4, 0.5) is 0 Å². The normalized spacial score (nSPS) is 10.7. The molecule has 0 amide bonds. The van der Waals surface area contributed by atoms with Crippen molar-refractivity contribution in [2.45, 2.75) is 13.1 Å². The maximum absolute atomic E-state index is 3.87. The molecule has 0 aromatic heterocycles. The monoisotopic (exact) mass is 315 g/mol. The van der Waals surface area contributed by atoms with Crippen LogP contribution in [0.25, 0.3) is 6.08 Å². The Morgan fingerprint density at radius 2 is 1.58 bits per heavy atom. The van der Waals surface area contributed by atoms with E-state index in [4.69, 9.17) is 0 Å². The van der Waals surface area contributed by atoms with Crippen molar-refractivity contribution >= 4 is 22.0 Å². The first-order valence-electron chi connectivity index (χ1n) is 6.33. The summed E-state index contributed by atoms with van der Waals surface area (Å²) in [5, 5.41) is 0. The van der Waals surface area contributed by atoms with Crippen molar-refractivity contribution in [1.82, 2.24) is 4.90 Å². The Balaban J connectivity index is 2.07. The van der Waals surface area contributed by atoms with Crippen molar-refractivity contribution in [1.29, 1.82) is 0 Å². The number of nitrogens with zero attached hydrogens (tertiary/aromatic N) is 1. The van der Waals surface area contributed by atoms with Crippen LogP contribution in [0.3, 0.4) is 0 Å². The quantitative estimate of drug-likeness (QED) is 0.771. The number of rotatable bonds is 5. The molecule has 2 aromatic carbocycles. The average molecular weight is 316 g/mol. The van der Waals surface area contributed by atoms with Gasteiger partial charge in [0.25, 0.3) is 0 Å². The second-order valence-electron chi connectivity index (χ2n) is 4.67. The van der Waals surface area contributed by atoms with E-state index in [2.05, 4.69) is 70.9 Å². The molecule has 0 aliphatic rings. The zero-order chi connectivity index (χ0) is 13.7. The van der Waals surface area contributed by atoms with Crippen LogP contribution in [-0.4, -0.2) is 11.9 Å². The lowest BCUT2D eigenvalue weighted by molar-refractivity contribution is 0.318. The van der Waals surface area contributed by atoms with Crippen molar-refractivity contribution in [2.24, 2.45) is 0 Å². The maximum Gasteiger partial charge on any atom is 0.0245 e. The van der Waals surface area contributed by atoms with E-state index >= 15 is 0 Å². The van der Waals surface area contributed by atoms with Gasteiger partial charge in [-0.2, -0.15) is 0 Å². The summed E-state index contributed by atoms with van der Waals surface area (Å²) in [6, 6.07) is 16.7. The van der Waals surface area contributed by atoms with Crippen LogP contribution >= 0.6 is 15.9 Å². The molecule has 0 saturated heterocycles. The van der Waals surface area contributed by atoms with Crippen molar-refractivity contribution in [3.05, 3.63) is 76.3 Å². The molecular formula is C17H18BrN. The van der Waals surface area contributed by atoms with Gasteiger partial charge in [0, 0.05) is 17.6 Å². The van der Waals surface area contributed by atoms with Gasteiger partial charge in [0.05, 0.1) is 0 Å². The first-order valence-corrected chi connectivity index (χ1v) is 7.12. The Labute approximate surface area is 123 Å². The van der Waals surface area contributed by atoms with E-state index in [0.29, 0.717) is 0 Å². The molecule has 2 heteroatoms. The van der Waals surface area contributed by atoms with E-state index in [1.54, 1.807) is 0 Å². The molecule has 0 heterocycles. The minimum atomic E-state index is 0.920. The predicted molar refractivity (Wildman–Crippen MR) is 85.8 cm³/mol. The molecular weight excluding hydrogens is 298 g/mol. The minimum absolute atomic E-state index is 0.920. The molecule has 2 aromatic rings. The third-order valence-electron chi connectivity index (χ3n) is 3.11. The molecule has 0 unspecified atom stereocenters. The highest BCUT2D eigenvalue weighted by Gasteiger charge is 2.06. The highest BCUT2D eigenvalue weighted by atomic mass is 79.9. The van der Waals surface area contributed by atoms with Crippen molar-refractivity contribution in [3.63, 3.8) is 0 Å². The number of benzene rings is 2. The molecule has 0 fully saturated rings. The van der Waals surface area contributed by atoms with Gasteiger partial charge in [-0.3, -0.25) is 4.90 Å². The molecule has 2 rings (SSSR count). The van der Waals surface area contributed by atoms with Crippen LogP contribution in [0.5, 0.6) is 0 Å². The predicted octanol–water partition coefficient (Wildman–Crippen LogP) is 4.72. The molecule has 0 saturated carbocycles. The fourth-order valence-electron chi connectivity index (χ4n) is 2.14. The molecule has 0 N–H and O–H groups in total. The van der Waals surface area contributed by atoms with E-state index in [1.807, 2.05) is 18.2 Å². The topological polar surface area (TPSA) is 3.24 Å². The smallest absolute Gasteiger partial charge is 0.0245 e. The lowest BCUT2D eigenvalue weighted by Crippen LogP contribution is -2.18. The molecule has 0 aliphatic heterocycles. The van der Waals surface area contributed by atoms with Crippen LogP contribution < -0.4 is 0 Å². The minimum Gasteiger partial charge on any atom is -0.298 e. The van der Waals surface area contributed by atoms with Crippen LogP contribution in [0.15, 0.2) is 59.6 Å². The zero-order valence-electron chi connectivity index (χ0n) is 11.1. The molecule has 0 aliphatic carbocycles. The fraction of sp³-hybridized carbons (Fsp3) is 0.176. The Hall–Kier alpha value is -1.38. The van der Waals surface area contributed by atoms with Gasteiger partial charge in [-0.1, -0.05) is 71.0 Å². The molecule has 0 spiro atoms. The second kappa shape index (κ2) is 6.69. The van der Waals surface area contributed by atoms with Crippen LogP contribution in [0.2, 0.25) is 0 Å². The maximum atomic E-state index is 3.87. The summed E-state index contributed by atoms with van der Waals surface area (Å²) in [7, 11) is 2.14. The van der Waals surface area contributed by atoms with Crippen LogP contribution in [0, 0.1) is 0 Å². The lowest BCUT2D eigenvalue weighted by Gasteiger charge is -2.19. The van der Waals surface area contributed by atoms with Crippen molar-refractivity contribution in [2.75, 3.05) is 7.05 Å². The summed E-state index contributed by atoms with van der Waals surface area (Å²) in [6.45, 7) is 5.71. The van der Waals surface area contributed by atoms with E-state index in [-0.39, 0.29) is 0 Å². The molecule has 19 heavy (non-hydrogen) atoms. The van der Waals surface area contributed by atoms with Gasteiger partial charge in [0.2, 0.25) is 0 Å². The Morgan fingerprint density at radius 1 is 1.00 bits per heavy atom. The van der Waals surface area contributed by atoms with Gasteiger partial charge in [-0.15, -0.1) is 0 Å². The van der Waals surface area contributed by atoms with Crippen LogP contribution in [-0.2, 0) is 13.1 Å². The standard InChI is InChI=1S/C17H18BrN/c1-3-14-8-4-5-9-15(14)12-19(2)13-16-10-6-7-11-17(16)18/h3-11H,1,12-13H2,2H3. The summed E-state index contributed by atoms with van der Waals surface area (Å²) in [5.74, 6) is 0. The fourth-order valence-corrected chi connectivity index (χ4v) is 2.55. The van der Waals surface area contributed by atoms with Gasteiger partial charge in [0.15, 0.2) is 0 Å². The van der Waals surface area contributed by atoms with Gasteiger partial charge in [-0.05, 0) is 29.8 Å². The molecule has 98 valence electrons. The van der Waals surface area contributed by atoms with E-state index in [1.165, 1.54) is 21.2 Å². The molecule has 1 nitrogen and oxygen atoms in total. The highest BCUT2D eigenvalue weighted by molar-refractivity contribution is 9.10. The summed E-state index contributed by atoms with van der Waals surface area (Å²) in [5.41, 5.74) is 3.83. The Bertz CT molecular complexity index is 563. The van der Waals surface area contributed by atoms with Crippen molar-refractivity contribution < 1.29 is 0 Å². The van der Waals surface area contributed by atoms with Gasteiger partial charge < -0.3 is 0 Å². The summed E-state index contributed by atoms with van der Waals surface area (Å²) in [4.78, 5) is 2.31. The molecule has 0 radical (unpaired) electrons. The number of hydrogen-bond acceptors (Lipinski definition) is 1. The summed E-state index contributed by atoms with van der Waals surface area (Å²) < 4.78 is 1.17. The second-order valence-corrected chi connectivity index (χ2v) is 5.52. The van der Waals surface area contributed by atoms with E-state index in [9.17, 15) is 0 Å². The zero-order valence-corrected chi connectivity index (χ0v) is 12.7. The van der Waals surface area contributed by atoms with Crippen LogP contribution in [0.1, 0.15) is 16.7 Å². The third kappa shape index (κ3) is 3.79. The summed E-state index contributed by atoms with van der Waals surface area (Å²) in [6.07, 6.45) is 1.92. The Kier molecular flexibility index (Phi) is 4.94. The van der Waals surface area contributed by atoms with Crippen molar-refractivity contribution in [3.8, 4) is 0 Å². The first-order chi connectivity index (χ1) is 9.20. The third-order valence-corrected chi connectivity index (χ3v) is 3.89. The van der Waals surface area contributed by atoms with Gasteiger partial charge in [0.1, 0.15) is 0 Å².